The van der Waals surface area contributed by atoms with Crippen molar-refractivity contribution in [2.45, 2.75) is 13.2 Å². The zero-order valence-corrected chi connectivity index (χ0v) is 12.3. The number of furan rings is 1. The molecule has 6 heteroatoms. The molecule has 1 aromatic heterocycles. The molecule has 3 nitrogen and oxygen atoms in total. The van der Waals surface area contributed by atoms with Crippen LogP contribution >= 0.6 is 39.1 Å². The third-order valence-corrected chi connectivity index (χ3v) is 3.88. The summed E-state index contributed by atoms with van der Waals surface area (Å²) in [6.07, 6.45) is 1.58. The molecule has 0 spiro atoms. The summed E-state index contributed by atoms with van der Waals surface area (Å²) in [6.45, 7) is 0.668. The van der Waals surface area contributed by atoms with Crippen molar-refractivity contribution in [3.63, 3.8) is 0 Å². The summed E-state index contributed by atoms with van der Waals surface area (Å²) in [4.78, 5) is 0. The van der Waals surface area contributed by atoms with Crippen molar-refractivity contribution < 1.29 is 9.15 Å². The van der Waals surface area contributed by atoms with Crippen molar-refractivity contribution in [2.24, 2.45) is 5.73 Å². The minimum Gasteiger partial charge on any atom is -0.484 e. The predicted octanol–water partition coefficient (Wildman–Crippen LogP) is 4.39. The van der Waals surface area contributed by atoms with Gasteiger partial charge in [0.15, 0.2) is 0 Å². The van der Waals surface area contributed by atoms with Crippen LogP contribution in [0, 0.1) is 0 Å². The van der Waals surface area contributed by atoms with E-state index in [9.17, 15) is 0 Å². The predicted molar refractivity (Wildman–Crippen MR) is 75.1 cm³/mol. The lowest BCUT2D eigenvalue weighted by molar-refractivity contribution is 0.268. The zero-order chi connectivity index (χ0) is 13.1. The van der Waals surface area contributed by atoms with E-state index in [0.29, 0.717) is 28.1 Å². The summed E-state index contributed by atoms with van der Waals surface area (Å²) in [5.74, 6) is 1.19. The van der Waals surface area contributed by atoms with E-state index < -0.39 is 0 Å². The van der Waals surface area contributed by atoms with Gasteiger partial charge in [0.2, 0.25) is 0 Å². The molecule has 2 aromatic rings. The van der Waals surface area contributed by atoms with Crippen LogP contribution in [0.1, 0.15) is 11.3 Å². The van der Waals surface area contributed by atoms with E-state index in [2.05, 4.69) is 15.9 Å². The monoisotopic (exact) mass is 349 g/mol. The lowest BCUT2D eigenvalue weighted by Gasteiger charge is -2.09. The molecule has 0 bridgehead atoms. The highest BCUT2D eigenvalue weighted by molar-refractivity contribution is 9.10. The lowest BCUT2D eigenvalue weighted by Crippen LogP contribution is -2.02. The Balaban J connectivity index is 2.13. The minimum atomic E-state index is 0.261. The Bertz CT molecular complexity index is 557. The Hall–Kier alpha value is -0.680. The fraction of sp³-hybridized carbons (Fsp3) is 0.167. The molecule has 0 saturated carbocycles. The lowest BCUT2D eigenvalue weighted by atomic mass is 10.2. The number of benzene rings is 1. The summed E-state index contributed by atoms with van der Waals surface area (Å²) < 4.78 is 11.6. The van der Waals surface area contributed by atoms with Gasteiger partial charge in [-0.1, -0.05) is 23.2 Å². The summed E-state index contributed by atoms with van der Waals surface area (Å²) in [6, 6.07) is 5.15. The van der Waals surface area contributed by atoms with Gasteiger partial charge in [-0.3, -0.25) is 0 Å². The highest BCUT2D eigenvalue weighted by Crippen LogP contribution is 2.34. The maximum absolute atomic E-state index is 6.05. The standard InChI is InChI=1S/C12H10BrCl2NO2/c13-8-3-10(15)11(4-9(8)14)18-6-12-7(5-16)1-2-17-12/h1-4H,5-6,16H2. The maximum Gasteiger partial charge on any atom is 0.146 e. The molecule has 0 unspecified atom stereocenters. The number of rotatable bonds is 4. The van der Waals surface area contributed by atoms with Gasteiger partial charge < -0.3 is 14.9 Å². The molecule has 0 atom stereocenters. The van der Waals surface area contributed by atoms with E-state index in [-0.39, 0.29) is 6.61 Å². The van der Waals surface area contributed by atoms with Crippen molar-refractivity contribution in [1.82, 2.24) is 0 Å². The van der Waals surface area contributed by atoms with Crippen LogP contribution in [0.4, 0.5) is 0 Å². The van der Waals surface area contributed by atoms with Crippen LogP contribution < -0.4 is 10.5 Å². The number of hydrogen-bond acceptors (Lipinski definition) is 3. The van der Waals surface area contributed by atoms with Crippen molar-refractivity contribution in [2.75, 3.05) is 0 Å². The fourth-order valence-electron chi connectivity index (χ4n) is 1.43. The van der Waals surface area contributed by atoms with Gasteiger partial charge >= 0.3 is 0 Å². The molecule has 0 aliphatic rings. The smallest absolute Gasteiger partial charge is 0.146 e. The van der Waals surface area contributed by atoms with Gasteiger partial charge in [0.05, 0.1) is 16.3 Å². The molecule has 2 rings (SSSR count). The first-order chi connectivity index (χ1) is 8.61. The van der Waals surface area contributed by atoms with E-state index >= 15 is 0 Å². The molecular weight excluding hydrogens is 341 g/mol. The highest BCUT2D eigenvalue weighted by atomic mass is 79.9. The van der Waals surface area contributed by atoms with Crippen LogP contribution in [0.2, 0.25) is 10.0 Å². The third-order valence-electron chi connectivity index (χ3n) is 2.39. The van der Waals surface area contributed by atoms with Crippen LogP contribution in [0.15, 0.2) is 33.4 Å². The van der Waals surface area contributed by atoms with Gasteiger partial charge in [0.1, 0.15) is 18.1 Å². The van der Waals surface area contributed by atoms with Gasteiger partial charge in [0, 0.05) is 22.6 Å². The van der Waals surface area contributed by atoms with E-state index in [4.69, 9.17) is 38.1 Å². The quantitative estimate of drug-likeness (QED) is 0.832. The molecule has 18 heavy (non-hydrogen) atoms. The van der Waals surface area contributed by atoms with Gasteiger partial charge in [-0.25, -0.2) is 0 Å². The fourth-order valence-corrected chi connectivity index (χ4v) is 2.28. The van der Waals surface area contributed by atoms with Crippen LogP contribution in [-0.2, 0) is 13.2 Å². The van der Waals surface area contributed by atoms with E-state index in [1.165, 1.54) is 0 Å². The Kier molecular flexibility index (Phi) is 4.56. The molecule has 0 aliphatic carbocycles. The zero-order valence-electron chi connectivity index (χ0n) is 9.25. The Morgan fingerprint density at radius 3 is 2.78 bits per heavy atom. The van der Waals surface area contributed by atoms with Crippen LogP contribution in [0.25, 0.3) is 0 Å². The normalized spacial score (nSPS) is 10.7. The van der Waals surface area contributed by atoms with Gasteiger partial charge in [-0.05, 0) is 28.1 Å². The molecule has 1 aromatic carbocycles. The first kappa shape index (κ1) is 13.7. The average molecular weight is 351 g/mol. The van der Waals surface area contributed by atoms with Crippen molar-refractivity contribution in [3.05, 3.63) is 50.3 Å². The number of hydrogen-bond donors (Lipinski definition) is 1. The van der Waals surface area contributed by atoms with Crippen molar-refractivity contribution >= 4 is 39.1 Å². The first-order valence-corrected chi connectivity index (χ1v) is 6.69. The Morgan fingerprint density at radius 1 is 1.28 bits per heavy atom. The largest absolute Gasteiger partial charge is 0.484 e. The summed E-state index contributed by atoms with van der Waals surface area (Å²) in [5, 5.41) is 1.01. The van der Waals surface area contributed by atoms with Crippen LogP contribution in [0.5, 0.6) is 5.75 Å². The third kappa shape index (κ3) is 3.01. The minimum absolute atomic E-state index is 0.261. The SMILES string of the molecule is NCc1ccoc1COc1cc(Cl)c(Br)cc1Cl. The van der Waals surface area contributed by atoms with Crippen molar-refractivity contribution in [1.29, 1.82) is 0 Å². The molecule has 0 aliphatic heterocycles. The first-order valence-electron chi connectivity index (χ1n) is 5.14. The maximum atomic E-state index is 6.05. The van der Waals surface area contributed by atoms with Crippen LogP contribution in [0.3, 0.4) is 0 Å². The summed E-state index contributed by atoms with van der Waals surface area (Å²) >= 11 is 15.3. The molecule has 2 N–H and O–H groups in total. The van der Waals surface area contributed by atoms with Gasteiger partial charge in [-0.2, -0.15) is 0 Å². The second-order valence-corrected chi connectivity index (χ2v) is 5.23. The molecule has 96 valence electrons. The molecule has 0 fully saturated rings. The molecule has 0 amide bonds. The molecule has 1 heterocycles. The van der Waals surface area contributed by atoms with Gasteiger partial charge in [0.25, 0.3) is 0 Å². The average Bonchev–Trinajstić information content (AvgIpc) is 2.79. The molecule has 0 saturated heterocycles. The van der Waals surface area contributed by atoms with Crippen molar-refractivity contribution in [3.8, 4) is 5.75 Å². The highest BCUT2D eigenvalue weighted by Gasteiger charge is 2.10. The molecular formula is C12H10BrCl2NO2. The van der Waals surface area contributed by atoms with E-state index in [1.54, 1.807) is 18.4 Å². The number of nitrogens with two attached hydrogens (primary N) is 1. The Labute approximate surface area is 123 Å². The van der Waals surface area contributed by atoms with E-state index in [0.717, 1.165) is 10.0 Å². The van der Waals surface area contributed by atoms with Crippen LogP contribution in [-0.4, -0.2) is 0 Å². The topological polar surface area (TPSA) is 48.4 Å². The molecule has 0 radical (unpaired) electrons. The second-order valence-electron chi connectivity index (χ2n) is 3.56. The summed E-state index contributed by atoms with van der Waals surface area (Å²) in [5.41, 5.74) is 6.48. The Morgan fingerprint density at radius 2 is 2.06 bits per heavy atom. The second kappa shape index (κ2) is 5.97. The van der Waals surface area contributed by atoms with Gasteiger partial charge in [-0.15, -0.1) is 0 Å². The summed E-state index contributed by atoms with van der Waals surface area (Å²) in [7, 11) is 0. The van der Waals surface area contributed by atoms with E-state index in [1.807, 2.05) is 6.07 Å². The number of halogens is 3. The number of ether oxygens (including phenoxy) is 1.